The minimum Gasteiger partial charge on any atom is -0.497 e. The zero-order valence-electron chi connectivity index (χ0n) is 17.9. The van der Waals surface area contributed by atoms with Crippen LogP contribution in [0.25, 0.3) is 0 Å². The van der Waals surface area contributed by atoms with Gasteiger partial charge in [-0.15, -0.1) is 0 Å². The molecule has 0 atom stereocenters. The molecular formula is C24H30N4O2. The molecular weight excluding hydrogens is 376 g/mol. The van der Waals surface area contributed by atoms with Gasteiger partial charge in [-0.1, -0.05) is 25.7 Å². The third-order valence-electron chi connectivity index (χ3n) is 6.59. The quantitative estimate of drug-likeness (QED) is 0.476. The van der Waals surface area contributed by atoms with Crippen molar-refractivity contribution in [3.63, 3.8) is 0 Å². The Morgan fingerprint density at radius 3 is 1.20 bits per heavy atom. The topological polar surface area (TPSA) is 67.9 Å². The molecule has 4 rings (SSSR count). The zero-order valence-corrected chi connectivity index (χ0v) is 17.9. The standard InChI is InChI=1S/C24H30N4O2/c1-29-21-11-7-19(8-12-21)25-27-23-15-3-5-17-24(23,18-6-4-16-23)28-26-20-9-13-22(30-2)14-10-20/h7-14H,3-6,15-18H2,1-2H3. The number of azo groups is 2. The fourth-order valence-corrected chi connectivity index (χ4v) is 4.84. The molecule has 158 valence electrons. The zero-order chi connectivity index (χ0) is 20.9. The van der Waals surface area contributed by atoms with Crippen LogP contribution in [0.5, 0.6) is 11.5 Å². The summed E-state index contributed by atoms with van der Waals surface area (Å²) >= 11 is 0. The van der Waals surface area contributed by atoms with Crippen molar-refractivity contribution in [3.05, 3.63) is 48.5 Å². The van der Waals surface area contributed by atoms with E-state index in [0.29, 0.717) is 0 Å². The molecule has 0 spiro atoms. The Morgan fingerprint density at radius 2 is 0.900 bits per heavy atom. The van der Waals surface area contributed by atoms with E-state index in [1.807, 2.05) is 48.5 Å². The Hall–Kier alpha value is -2.76. The highest BCUT2D eigenvalue weighted by Gasteiger charge is 2.55. The number of nitrogens with zero attached hydrogens (tertiary/aromatic N) is 4. The normalized spacial score (nSPS) is 26.6. The fourth-order valence-electron chi connectivity index (χ4n) is 4.84. The minimum atomic E-state index is -0.264. The maximum absolute atomic E-state index is 5.25. The van der Waals surface area contributed by atoms with E-state index in [9.17, 15) is 0 Å². The second-order valence-electron chi connectivity index (χ2n) is 8.27. The smallest absolute Gasteiger partial charge is 0.119 e. The van der Waals surface area contributed by atoms with Crippen molar-refractivity contribution in [3.8, 4) is 11.5 Å². The lowest BCUT2D eigenvalue weighted by Gasteiger charge is -2.50. The summed E-state index contributed by atoms with van der Waals surface area (Å²) in [6.45, 7) is 0. The van der Waals surface area contributed by atoms with E-state index in [1.165, 1.54) is 25.7 Å². The Bertz CT molecular complexity index is 803. The van der Waals surface area contributed by atoms with Crippen molar-refractivity contribution in [1.29, 1.82) is 0 Å². The first-order chi connectivity index (χ1) is 14.7. The molecule has 0 heterocycles. The van der Waals surface area contributed by atoms with Crippen LogP contribution in [0.2, 0.25) is 0 Å². The highest BCUT2D eigenvalue weighted by Crippen LogP contribution is 2.52. The van der Waals surface area contributed by atoms with E-state index in [-0.39, 0.29) is 11.1 Å². The van der Waals surface area contributed by atoms with Crippen molar-refractivity contribution in [2.24, 2.45) is 20.5 Å². The molecule has 2 aromatic carbocycles. The van der Waals surface area contributed by atoms with E-state index < -0.39 is 0 Å². The number of fused-ring (bicyclic) bond motifs is 1. The molecule has 2 saturated carbocycles. The Morgan fingerprint density at radius 1 is 0.567 bits per heavy atom. The SMILES string of the molecule is COc1ccc(N=NC23CCCCC2(N=Nc2ccc(OC)cc2)CCCC3)cc1. The van der Waals surface area contributed by atoms with Crippen molar-refractivity contribution in [2.45, 2.75) is 62.4 Å². The number of rotatable bonds is 6. The van der Waals surface area contributed by atoms with Gasteiger partial charge in [0.15, 0.2) is 0 Å². The van der Waals surface area contributed by atoms with Gasteiger partial charge in [0.05, 0.1) is 25.6 Å². The Labute approximate surface area is 178 Å². The first-order valence-corrected chi connectivity index (χ1v) is 10.8. The number of methoxy groups -OCH3 is 2. The lowest BCUT2D eigenvalue weighted by Crippen LogP contribution is -2.55. The molecule has 0 saturated heterocycles. The third-order valence-corrected chi connectivity index (χ3v) is 6.59. The van der Waals surface area contributed by atoms with Crippen molar-refractivity contribution in [1.82, 2.24) is 0 Å². The number of benzene rings is 2. The maximum Gasteiger partial charge on any atom is 0.119 e. The molecule has 30 heavy (non-hydrogen) atoms. The van der Waals surface area contributed by atoms with Crippen molar-refractivity contribution >= 4 is 11.4 Å². The maximum atomic E-state index is 5.25. The van der Waals surface area contributed by atoms with E-state index in [0.717, 1.165) is 48.6 Å². The summed E-state index contributed by atoms with van der Waals surface area (Å²) in [4.78, 5) is 0. The fraction of sp³-hybridized carbons (Fsp3) is 0.500. The van der Waals surface area contributed by atoms with Gasteiger partial charge < -0.3 is 9.47 Å². The van der Waals surface area contributed by atoms with Gasteiger partial charge in [-0.3, -0.25) is 0 Å². The molecule has 2 fully saturated rings. The van der Waals surface area contributed by atoms with Gasteiger partial charge in [0.1, 0.15) is 22.6 Å². The molecule has 0 aliphatic heterocycles. The van der Waals surface area contributed by atoms with Gasteiger partial charge in [0, 0.05) is 0 Å². The molecule has 0 N–H and O–H groups in total. The monoisotopic (exact) mass is 406 g/mol. The summed E-state index contributed by atoms with van der Waals surface area (Å²) in [5.74, 6) is 1.65. The molecule has 0 aromatic heterocycles. The van der Waals surface area contributed by atoms with Gasteiger partial charge in [0.2, 0.25) is 0 Å². The molecule has 2 aromatic rings. The second kappa shape index (κ2) is 8.94. The first kappa shape index (κ1) is 20.5. The average molecular weight is 407 g/mol. The van der Waals surface area contributed by atoms with Gasteiger partial charge in [0.25, 0.3) is 0 Å². The van der Waals surface area contributed by atoms with Crippen LogP contribution in [0.15, 0.2) is 69.0 Å². The lowest BCUT2D eigenvalue weighted by molar-refractivity contribution is 0.0875. The van der Waals surface area contributed by atoms with E-state index >= 15 is 0 Å². The molecule has 6 heteroatoms. The molecule has 0 radical (unpaired) electrons. The van der Waals surface area contributed by atoms with Crippen LogP contribution in [0.4, 0.5) is 11.4 Å². The Balaban J connectivity index is 1.63. The summed E-state index contributed by atoms with van der Waals surface area (Å²) in [5, 5.41) is 19.3. The van der Waals surface area contributed by atoms with Crippen molar-refractivity contribution < 1.29 is 9.47 Å². The van der Waals surface area contributed by atoms with Gasteiger partial charge in [-0.2, -0.15) is 20.5 Å². The number of hydrogen-bond acceptors (Lipinski definition) is 6. The second-order valence-corrected chi connectivity index (χ2v) is 8.27. The average Bonchev–Trinajstić information content (AvgIpc) is 2.82. The molecule has 2 aliphatic rings. The number of ether oxygens (including phenoxy) is 2. The molecule has 2 aliphatic carbocycles. The number of hydrogen-bond donors (Lipinski definition) is 0. The summed E-state index contributed by atoms with van der Waals surface area (Å²) in [6, 6.07) is 15.5. The largest absolute Gasteiger partial charge is 0.497 e. The van der Waals surface area contributed by atoms with Crippen LogP contribution < -0.4 is 9.47 Å². The summed E-state index contributed by atoms with van der Waals surface area (Å²) < 4.78 is 10.5. The molecule has 0 bridgehead atoms. The van der Waals surface area contributed by atoms with Gasteiger partial charge >= 0.3 is 0 Å². The minimum absolute atomic E-state index is 0.264. The predicted molar refractivity (Wildman–Crippen MR) is 117 cm³/mol. The molecule has 6 nitrogen and oxygen atoms in total. The van der Waals surface area contributed by atoms with Crippen LogP contribution in [0, 0.1) is 0 Å². The van der Waals surface area contributed by atoms with Crippen molar-refractivity contribution in [2.75, 3.05) is 14.2 Å². The van der Waals surface area contributed by atoms with Crippen LogP contribution in [0.3, 0.4) is 0 Å². The van der Waals surface area contributed by atoms with E-state index in [4.69, 9.17) is 19.7 Å². The first-order valence-electron chi connectivity index (χ1n) is 10.8. The van der Waals surface area contributed by atoms with E-state index in [2.05, 4.69) is 10.2 Å². The highest BCUT2D eigenvalue weighted by atomic mass is 16.5. The summed E-state index contributed by atoms with van der Waals surface area (Å²) in [7, 11) is 3.34. The van der Waals surface area contributed by atoms with Crippen LogP contribution >= 0.6 is 0 Å². The van der Waals surface area contributed by atoms with E-state index in [1.54, 1.807) is 14.2 Å². The van der Waals surface area contributed by atoms with Crippen LogP contribution in [-0.2, 0) is 0 Å². The summed E-state index contributed by atoms with van der Waals surface area (Å²) in [6.07, 6.45) is 8.76. The lowest BCUT2D eigenvalue weighted by atomic mass is 9.60. The molecule has 0 amide bonds. The van der Waals surface area contributed by atoms with Crippen LogP contribution in [0.1, 0.15) is 51.4 Å². The van der Waals surface area contributed by atoms with Crippen LogP contribution in [-0.4, -0.2) is 25.3 Å². The highest BCUT2D eigenvalue weighted by molar-refractivity contribution is 5.41. The summed E-state index contributed by atoms with van der Waals surface area (Å²) in [5.41, 5.74) is 1.17. The predicted octanol–water partition coefficient (Wildman–Crippen LogP) is 7.20. The van der Waals surface area contributed by atoms with Gasteiger partial charge in [-0.05, 0) is 74.2 Å². The van der Waals surface area contributed by atoms with Gasteiger partial charge in [-0.25, -0.2) is 0 Å². The third kappa shape index (κ3) is 4.09. The molecule has 0 unspecified atom stereocenters. The Kier molecular flexibility index (Phi) is 6.11.